The molecular formula is C10H11BrFNO. The van der Waals surface area contributed by atoms with Gasteiger partial charge in [0.25, 0.3) is 0 Å². The van der Waals surface area contributed by atoms with Gasteiger partial charge in [-0.2, -0.15) is 0 Å². The molecule has 0 aliphatic rings. The lowest BCUT2D eigenvalue weighted by molar-refractivity contribution is -0.115. The van der Waals surface area contributed by atoms with Crippen molar-refractivity contribution in [2.24, 2.45) is 0 Å². The highest BCUT2D eigenvalue weighted by Crippen LogP contribution is 2.14. The molecule has 0 radical (unpaired) electrons. The van der Waals surface area contributed by atoms with Crippen LogP contribution in [-0.4, -0.2) is 10.7 Å². The van der Waals surface area contributed by atoms with Crippen molar-refractivity contribution in [3.8, 4) is 0 Å². The van der Waals surface area contributed by atoms with E-state index in [0.717, 1.165) is 0 Å². The molecule has 14 heavy (non-hydrogen) atoms. The first-order chi connectivity index (χ1) is 6.65. The largest absolute Gasteiger partial charge is 0.323 e. The van der Waals surface area contributed by atoms with Crippen LogP contribution < -0.4 is 5.32 Å². The summed E-state index contributed by atoms with van der Waals surface area (Å²) in [6, 6.07) is 6.09. The SMILES string of the molecule is CC[C@@H](Br)C(=O)Nc1ccccc1F. The van der Waals surface area contributed by atoms with Gasteiger partial charge in [0.1, 0.15) is 5.82 Å². The molecule has 0 bridgehead atoms. The fraction of sp³-hybridized carbons (Fsp3) is 0.300. The minimum Gasteiger partial charge on any atom is -0.323 e. The fourth-order valence-corrected chi connectivity index (χ4v) is 1.07. The molecule has 0 fully saturated rings. The third-order valence-corrected chi connectivity index (χ3v) is 2.84. The molecule has 2 nitrogen and oxygen atoms in total. The van der Waals surface area contributed by atoms with Crippen LogP contribution in [0, 0.1) is 5.82 Å². The molecule has 1 rings (SSSR count). The summed E-state index contributed by atoms with van der Waals surface area (Å²) in [5.74, 6) is -0.644. The van der Waals surface area contributed by atoms with Gasteiger partial charge in [-0.3, -0.25) is 4.79 Å². The summed E-state index contributed by atoms with van der Waals surface area (Å²) in [6.07, 6.45) is 0.667. The zero-order chi connectivity index (χ0) is 10.6. The number of nitrogens with one attached hydrogen (secondary N) is 1. The maximum atomic E-state index is 13.1. The Morgan fingerprint density at radius 2 is 2.21 bits per heavy atom. The van der Waals surface area contributed by atoms with Crippen molar-refractivity contribution in [1.82, 2.24) is 0 Å². The summed E-state index contributed by atoms with van der Waals surface area (Å²) in [4.78, 5) is 11.1. The zero-order valence-electron chi connectivity index (χ0n) is 7.76. The molecule has 0 unspecified atom stereocenters. The van der Waals surface area contributed by atoms with E-state index >= 15 is 0 Å². The highest BCUT2D eigenvalue weighted by Gasteiger charge is 2.13. The predicted octanol–water partition coefficient (Wildman–Crippen LogP) is 2.94. The molecule has 1 aromatic carbocycles. The van der Waals surface area contributed by atoms with Gasteiger partial charge in [-0.25, -0.2) is 4.39 Å². The number of rotatable bonds is 3. The van der Waals surface area contributed by atoms with E-state index in [1.807, 2.05) is 6.92 Å². The van der Waals surface area contributed by atoms with E-state index in [0.29, 0.717) is 6.42 Å². The molecule has 1 aromatic rings. The average Bonchev–Trinajstić information content (AvgIpc) is 2.20. The molecule has 0 saturated carbocycles. The number of carbonyl (C=O) groups is 1. The second-order valence-corrected chi connectivity index (χ2v) is 3.95. The summed E-state index contributed by atoms with van der Waals surface area (Å²) in [6.45, 7) is 1.88. The molecule has 0 aliphatic carbocycles. The fourth-order valence-electron chi connectivity index (χ4n) is 0.959. The van der Waals surface area contributed by atoms with Crippen molar-refractivity contribution in [3.63, 3.8) is 0 Å². The third kappa shape index (κ3) is 2.80. The van der Waals surface area contributed by atoms with Crippen LogP contribution in [-0.2, 0) is 4.79 Å². The van der Waals surface area contributed by atoms with E-state index in [-0.39, 0.29) is 16.4 Å². The highest BCUT2D eigenvalue weighted by molar-refractivity contribution is 9.10. The van der Waals surface area contributed by atoms with E-state index in [4.69, 9.17) is 0 Å². The van der Waals surface area contributed by atoms with Gasteiger partial charge in [0.05, 0.1) is 10.5 Å². The van der Waals surface area contributed by atoms with E-state index < -0.39 is 5.82 Å². The summed E-state index contributed by atoms with van der Waals surface area (Å²) in [5, 5.41) is 2.50. The Kier molecular flexibility index (Phi) is 4.07. The summed E-state index contributed by atoms with van der Waals surface area (Å²) < 4.78 is 13.1. The van der Waals surface area contributed by atoms with Crippen LogP contribution in [0.25, 0.3) is 0 Å². The van der Waals surface area contributed by atoms with Gasteiger partial charge in [0.2, 0.25) is 5.91 Å². The first-order valence-electron chi connectivity index (χ1n) is 4.34. The number of para-hydroxylation sites is 1. The lowest BCUT2D eigenvalue weighted by atomic mass is 10.2. The molecule has 76 valence electrons. The Hall–Kier alpha value is -0.900. The zero-order valence-corrected chi connectivity index (χ0v) is 9.34. The van der Waals surface area contributed by atoms with E-state index in [2.05, 4.69) is 21.2 Å². The Labute approximate surface area is 90.6 Å². The summed E-state index contributed by atoms with van der Waals surface area (Å²) in [5.41, 5.74) is 0.218. The Balaban J connectivity index is 2.70. The number of alkyl halides is 1. The maximum Gasteiger partial charge on any atom is 0.238 e. The summed E-state index contributed by atoms with van der Waals surface area (Å²) >= 11 is 3.19. The molecule has 4 heteroatoms. The molecule has 1 atom stereocenters. The predicted molar refractivity (Wildman–Crippen MR) is 58.0 cm³/mol. The molecular weight excluding hydrogens is 249 g/mol. The van der Waals surface area contributed by atoms with Gasteiger partial charge in [-0.05, 0) is 18.6 Å². The molecule has 1 amide bonds. The van der Waals surface area contributed by atoms with Gasteiger partial charge < -0.3 is 5.32 Å². The lowest BCUT2D eigenvalue weighted by Gasteiger charge is -2.08. The van der Waals surface area contributed by atoms with Gasteiger partial charge in [-0.1, -0.05) is 35.0 Å². The molecule has 0 aromatic heterocycles. The van der Waals surface area contributed by atoms with Crippen LogP contribution >= 0.6 is 15.9 Å². The van der Waals surface area contributed by atoms with Crippen LogP contribution in [0.15, 0.2) is 24.3 Å². The molecule has 0 heterocycles. The number of benzene rings is 1. The van der Waals surface area contributed by atoms with E-state index in [1.54, 1.807) is 12.1 Å². The number of hydrogen-bond acceptors (Lipinski definition) is 1. The smallest absolute Gasteiger partial charge is 0.238 e. The monoisotopic (exact) mass is 259 g/mol. The van der Waals surface area contributed by atoms with Crippen LogP contribution in [0.1, 0.15) is 13.3 Å². The Bertz CT molecular complexity index is 330. The minimum absolute atomic E-state index is 0.218. The molecule has 0 aliphatic heterocycles. The second kappa shape index (κ2) is 5.10. The van der Waals surface area contributed by atoms with E-state index in [1.165, 1.54) is 12.1 Å². The van der Waals surface area contributed by atoms with E-state index in [9.17, 15) is 9.18 Å². The van der Waals surface area contributed by atoms with Crippen LogP contribution in [0.4, 0.5) is 10.1 Å². The van der Waals surface area contributed by atoms with Gasteiger partial charge in [-0.15, -0.1) is 0 Å². The highest BCUT2D eigenvalue weighted by atomic mass is 79.9. The Morgan fingerprint density at radius 1 is 1.57 bits per heavy atom. The number of halogens is 2. The second-order valence-electron chi connectivity index (χ2n) is 2.84. The van der Waals surface area contributed by atoms with Crippen molar-refractivity contribution < 1.29 is 9.18 Å². The topological polar surface area (TPSA) is 29.1 Å². The van der Waals surface area contributed by atoms with Crippen molar-refractivity contribution in [1.29, 1.82) is 0 Å². The van der Waals surface area contributed by atoms with Crippen LogP contribution in [0.3, 0.4) is 0 Å². The number of anilines is 1. The van der Waals surface area contributed by atoms with Gasteiger partial charge in [0, 0.05) is 0 Å². The van der Waals surface area contributed by atoms with Gasteiger partial charge in [0.15, 0.2) is 0 Å². The van der Waals surface area contributed by atoms with Gasteiger partial charge >= 0.3 is 0 Å². The third-order valence-electron chi connectivity index (χ3n) is 1.77. The Morgan fingerprint density at radius 3 is 2.79 bits per heavy atom. The molecule has 0 spiro atoms. The van der Waals surface area contributed by atoms with Crippen LogP contribution in [0.2, 0.25) is 0 Å². The number of carbonyl (C=O) groups excluding carboxylic acids is 1. The minimum atomic E-state index is -0.420. The lowest BCUT2D eigenvalue weighted by Crippen LogP contribution is -2.22. The van der Waals surface area contributed by atoms with Crippen LogP contribution in [0.5, 0.6) is 0 Å². The standard InChI is InChI=1S/C10H11BrFNO/c1-2-7(11)10(14)13-9-6-4-3-5-8(9)12/h3-7H,2H2,1H3,(H,13,14)/t7-/m1/s1. The number of hydrogen-bond donors (Lipinski definition) is 1. The van der Waals surface area contributed by atoms with Crippen molar-refractivity contribution in [3.05, 3.63) is 30.1 Å². The van der Waals surface area contributed by atoms with Crippen molar-refractivity contribution in [2.75, 3.05) is 5.32 Å². The first kappa shape index (κ1) is 11.2. The quantitative estimate of drug-likeness (QED) is 0.832. The molecule has 0 saturated heterocycles. The summed E-state index contributed by atoms with van der Waals surface area (Å²) in [7, 11) is 0. The molecule has 1 N–H and O–H groups in total. The van der Waals surface area contributed by atoms with Crippen molar-refractivity contribution >= 4 is 27.5 Å². The number of amides is 1. The van der Waals surface area contributed by atoms with Crippen molar-refractivity contribution in [2.45, 2.75) is 18.2 Å². The maximum absolute atomic E-state index is 13.1. The normalized spacial score (nSPS) is 12.2. The first-order valence-corrected chi connectivity index (χ1v) is 5.26. The average molecular weight is 260 g/mol.